The molecule has 0 bridgehead atoms. The van der Waals surface area contributed by atoms with Gasteiger partial charge in [-0.3, -0.25) is 0 Å². The average molecular weight is 401 g/mol. The van der Waals surface area contributed by atoms with Crippen molar-refractivity contribution in [3.05, 3.63) is 75.6 Å². The Labute approximate surface area is 179 Å². The van der Waals surface area contributed by atoms with Crippen LogP contribution >= 0.6 is 0 Å². The third-order valence-electron chi connectivity index (χ3n) is 7.72. The molecule has 2 aromatic carbocycles. The van der Waals surface area contributed by atoms with E-state index in [1.54, 1.807) is 11.1 Å². The number of aromatic nitrogens is 4. The smallest absolute Gasteiger partial charge is 0.177 e. The minimum atomic E-state index is 0.182. The minimum absolute atomic E-state index is 0.182. The number of rotatable bonds is 4. The predicted octanol–water partition coefficient (Wildman–Crippen LogP) is 5.53. The van der Waals surface area contributed by atoms with E-state index in [0.717, 1.165) is 5.82 Å². The maximum absolute atomic E-state index is 4.07. The maximum atomic E-state index is 4.07. The molecule has 1 N–H and O–H groups in total. The number of aryl methyl sites for hydroxylation is 1. The van der Waals surface area contributed by atoms with Crippen molar-refractivity contribution in [2.24, 2.45) is 0 Å². The monoisotopic (exact) mass is 400 g/mol. The second-order valence-corrected chi connectivity index (χ2v) is 10.8. The van der Waals surface area contributed by atoms with E-state index in [0.29, 0.717) is 6.42 Å². The number of H-pyrrole nitrogens is 1. The van der Waals surface area contributed by atoms with Crippen LogP contribution in [0.15, 0.2) is 36.4 Å². The van der Waals surface area contributed by atoms with Crippen molar-refractivity contribution < 1.29 is 0 Å². The quantitative estimate of drug-likeness (QED) is 0.627. The molecule has 0 atom stereocenters. The molecule has 1 fully saturated rings. The molecule has 4 nitrogen and oxygen atoms in total. The van der Waals surface area contributed by atoms with Gasteiger partial charge in [-0.15, -0.1) is 10.2 Å². The second-order valence-electron chi connectivity index (χ2n) is 10.8. The molecule has 0 radical (unpaired) electrons. The summed E-state index contributed by atoms with van der Waals surface area (Å²) >= 11 is 0. The Hall–Kier alpha value is -2.49. The second kappa shape index (κ2) is 6.50. The standard InChI is InChI=1S/C26H32N4/c1-17-14-21-22(25(4,5)11-10-24(21,2)3)16-20(17)26(12-13-26)19-8-6-18(7-9-19)15-23-27-29-30-28-23/h6-9,14,16H,10-13,15H2,1-5H3,(H,27,28,29,30). The molecule has 1 saturated carbocycles. The molecule has 2 aliphatic carbocycles. The number of aromatic amines is 1. The largest absolute Gasteiger partial charge is 0.178 e. The van der Waals surface area contributed by atoms with Crippen LogP contribution in [-0.4, -0.2) is 20.6 Å². The number of hydrogen-bond acceptors (Lipinski definition) is 3. The number of hydrogen-bond donors (Lipinski definition) is 1. The molecular formula is C26H32N4. The number of nitrogens with zero attached hydrogens (tertiary/aromatic N) is 3. The van der Waals surface area contributed by atoms with E-state index in [1.165, 1.54) is 47.9 Å². The summed E-state index contributed by atoms with van der Waals surface area (Å²) in [7, 11) is 0. The Morgan fingerprint density at radius 1 is 0.833 bits per heavy atom. The zero-order valence-corrected chi connectivity index (χ0v) is 18.8. The van der Waals surface area contributed by atoms with E-state index in [4.69, 9.17) is 0 Å². The molecule has 0 unspecified atom stereocenters. The highest BCUT2D eigenvalue weighted by atomic mass is 15.5. The van der Waals surface area contributed by atoms with Crippen molar-refractivity contribution in [2.45, 2.75) is 83.0 Å². The number of fused-ring (bicyclic) bond motifs is 1. The molecule has 4 heteroatoms. The molecule has 1 heterocycles. The van der Waals surface area contributed by atoms with Crippen LogP contribution in [0, 0.1) is 6.92 Å². The lowest BCUT2D eigenvalue weighted by Gasteiger charge is -2.43. The van der Waals surface area contributed by atoms with E-state index in [9.17, 15) is 0 Å². The number of benzene rings is 2. The third-order valence-corrected chi connectivity index (χ3v) is 7.72. The van der Waals surface area contributed by atoms with Gasteiger partial charge < -0.3 is 0 Å². The topological polar surface area (TPSA) is 54.5 Å². The molecule has 0 saturated heterocycles. The van der Waals surface area contributed by atoms with E-state index in [1.807, 2.05) is 0 Å². The summed E-state index contributed by atoms with van der Waals surface area (Å²) in [5.74, 6) is 0.735. The van der Waals surface area contributed by atoms with Gasteiger partial charge in [0, 0.05) is 11.8 Å². The Kier molecular flexibility index (Phi) is 4.22. The first-order valence-electron chi connectivity index (χ1n) is 11.2. The predicted molar refractivity (Wildman–Crippen MR) is 120 cm³/mol. The first-order chi connectivity index (χ1) is 14.2. The van der Waals surface area contributed by atoms with Crippen LogP contribution in [0.2, 0.25) is 0 Å². The summed E-state index contributed by atoms with van der Waals surface area (Å²) in [6, 6.07) is 14.2. The van der Waals surface area contributed by atoms with Crippen LogP contribution < -0.4 is 0 Å². The lowest BCUT2D eigenvalue weighted by molar-refractivity contribution is 0.331. The zero-order valence-electron chi connectivity index (χ0n) is 18.8. The molecule has 0 aliphatic heterocycles. The Morgan fingerprint density at radius 2 is 1.47 bits per heavy atom. The van der Waals surface area contributed by atoms with Gasteiger partial charge in [0.25, 0.3) is 0 Å². The van der Waals surface area contributed by atoms with Gasteiger partial charge >= 0.3 is 0 Å². The Balaban J connectivity index is 1.52. The Bertz CT molecular complexity index is 1070. The van der Waals surface area contributed by atoms with Crippen LogP contribution in [0.4, 0.5) is 0 Å². The summed E-state index contributed by atoms with van der Waals surface area (Å²) in [5.41, 5.74) is 9.48. The van der Waals surface area contributed by atoms with Crippen molar-refractivity contribution >= 4 is 0 Å². The van der Waals surface area contributed by atoms with Crippen molar-refractivity contribution in [1.82, 2.24) is 20.6 Å². The summed E-state index contributed by atoms with van der Waals surface area (Å²) in [6.45, 7) is 12.0. The van der Waals surface area contributed by atoms with Gasteiger partial charge in [-0.05, 0) is 76.8 Å². The highest BCUT2D eigenvalue weighted by Crippen LogP contribution is 2.56. The van der Waals surface area contributed by atoms with Gasteiger partial charge in [0.2, 0.25) is 0 Å². The lowest BCUT2D eigenvalue weighted by atomic mass is 9.62. The highest BCUT2D eigenvalue weighted by Gasteiger charge is 2.48. The molecule has 5 rings (SSSR count). The molecule has 2 aliphatic rings. The maximum Gasteiger partial charge on any atom is 0.178 e. The van der Waals surface area contributed by atoms with Crippen LogP contribution in [0.5, 0.6) is 0 Å². The molecule has 0 spiro atoms. The molecule has 156 valence electrons. The van der Waals surface area contributed by atoms with Crippen molar-refractivity contribution in [3.8, 4) is 0 Å². The molecule has 30 heavy (non-hydrogen) atoms. The summed E-state index contributed by atoms with van der Waals surface area (Å²) in [6.07, 6.45) is 5.71. The van der Waals surface area contributed by atoms with Crippen LogP contribution in [0.3, 0.4) is 0 Å². The molecule has 3 aromatic rings. The van der Waals surface area contributed by atoms with Crippen LogP contribution in [0.25, 0.3) is 0 Å². The van der Waals surface area contributed by atoms with Crippen LogP contribution in [0.1, 0.15) is 92.6 Å². The van der Waals surface area contributed by atoms with Crippen molar-refractivity contribution in [1.29, 1.82) is 0 Å². The third kappa shape index (κ3) is 3.08. The zero-order chi connectivity index (χ0) is 21.1. The van der Waals surface area contributed by atoms with Gasteiger partial charge in [0.05, 0.1) is 0 Å². The minimum Gasteiger partial charge on any atom is -0.177 e. The van der Waals surface area contributed by atoms with E-state index < -0.39 is 0 Å². The van der Waals surface area contributed by atoms with Gasteiger partial charge in [-0.25, -0.2) is 0 Å². The highest BCUT2D eigenvalue weighted by molar-refractivity contribution is 5.55. The first kappa shape index (κ1) is 19.5. The number of nitrogens with one attached hydrogen (secondary N) is 1. The SMILES string of the molecule is Cc1cc2c(cc1C1(c3ccc(Cc4nn[nH]n4)cc3)CC1)C(C)(C)CCC2(C)C. The first-order valence-corrected chi connectivity index (χ1v) is 11.2. The fourth-order valence-corrected chi connectivity index (χ4v) is 5.46. The van der Waals surface area contributed by atoms with Crippen molar-refractivity contribution in [2.75, 3.05) is 0 Å². The summed E-state index contributed by atoms with van der Waals surface area (Å²) in [4.78, 5) is 0. The molecule has 0 amide bonds. The van der Waals surface area contributed by atoms with Gasteiger partial charge in [0.1, 0.15) is 0 Å². The summed E-state index contributed by atoms with van der Waals surface area (Å²) in [5, 5.41) is 14.3. The molecular weight excluding hydrogens is 368 g/mol. The summed E-state index contributed by atoms with van der Waals surface area (Å²) < 4.78 is 0. The van der Waals surface area contributed by atoms with E-state index in [2.05, 4.69) is 91.6 Å². The van der Waals surface area contributed by atoms with Gasteiger partial charge in [-0.2, -0.15) is 5.21 Å². The number of tetrazole rings is 1. The van der Waals surface area contributed by atoms with Gasteiger partial charge in [-0.1, -0.05) is 69.3 Å². The van der Waals surface area contributed by atoms with E-state index >= 15 is 0 Å². The normalized spacial score (nSPS) is 20.6. The van der Waals surface area contributed by atoms with E-state index in [-0.39, 0.29) is 16.2 Å². The fraction of sp³-hybridized carbons (Fsp3) is 0.500. The van der Waals surface area contributed by atoms with Crippen LogP contribution in [-0.2, 0) is 22.7 Å². The molecule has 1 aromatic heterocycles. The van der Waals surface area contributed by atoms with Crippen molar-refractivity contribution in [3.63, 3.8) is 0 Å². The lowest BCUT2D eigenvalue weighted by Crippen LogP contribution is -2.34. The average Bonchev–Trinajstić information content (AvgIpc) is 3.35. The Morgan fingerprint density at radius 3 is 2.03 bits per heavy atom. The fourth-order valence-electron chi connectivity index (χ4n) is 5.46. The van der Waals surface area contributed by atoms with Gasteiger partial charge in [0.15, 0.2) is 5.82 Å².